The fourth-order valence-electron chi connectivity index (χ4n) is 1.43. The molecule has 1 heterocycles. The van der Waals surface area contributed by atoms with Crippen molar-refractivity contribution in [2.45, 2.75) is 6.10 Å². The van der Waals surface area contributed by atoms with E-state index in [0.29, 0.717) is 23.8 Å². The first-order valence-corrected chi connectivity index (χ1v) is 4.52. The summed E-state index contributed by atoms with van der Waals surface area (Å²) < 4.78 is 0. The maximum atomic E-state index is 9.12. The van der Waals surface area contributed by atoms with E-state index in [4.69, 9.17) is 22.4 Å². The highest BCUT2D eigenvalue weighted by molar-refractivity contribution is 6.33. The fraction of sp³-hybridized carbons (Fsp3) is 0.333. The molecule has 0 amide bonds. The SMILES string of the molecule is Nc1ccc(N2CC(O)C2)c(Cl)c1. The van der Waals surface area contributed by atoms with E-state index < -0.39 is 0 Å². The molecule has 0 aromatic heterocycles. The van der Waals surface area contributed by atoms with Gasteiger partial charge in [0.05, 0.1) is 16.8 Å². The Hall–Kier alpha value is -0.930. The molecular weight excluding hydrogens is 188 g/mol. The Balaban J connectivity index is 2.21. The van der Waals surface area contributed by atoms with Gasteiger partial charge in [0.2, 0.25) is 0 Å². The van der Waals surface area contributed by atoms with Gasteiger partial charge in [-0.05, 0) is 18.2 Å². The van der Waals surface area contributed by atoms with Crippen LogP contribution in [-0.4, -0.2) is 24.3 Å². The van der Waals surface area contributed by atoms with Crippen molar-refractivity contribution in [2.75, 3.05) is 23.7 Å². The molecule has 1 aromatic carbocycles. The number of anilines is 2. The van der Waals surface area contributed by atoms with E-state index in [9.17, 15) is 0 Å². The second-order valence-electron chi connectivity index (χ2n) is 3.27. The highest BCUT2D eigenvalue weighted by atomic mass is 35.5. The summed E-state index contributed by atoms with van der Waals surface area (Å²) >= 11 is 5.98. The van der Waals surface area contributed by atoms with E-state index in [1.54, 1.807) is 6.07 Å². The predicted molar refractivity (Wildman–Crippen MR) is 54.1 cm³/mol. The van der Waals surface area contributed by atoms with Gasteiger partial charge < -0.3 is 15.7 Å². The first-order chi connectivity index (χ1) is 6.16. The molecule has 0 unspecified atom stereocenters. The predicted octanol–water partition coefficient (Wildman–Crippen LogP) is 1.10. The number of hydrogen-bond acceptors (Lipinski definition) is 3. The molecule has 1 saturated heterocycles. The van der Waals surface area contributed by atoms with Gasteiger partial charge in [-0.25, -0.2) is 0 Å². The Kier molecular flexibility index (Phi) is 2.06. The lowest BCUT2D eigenvalue weighted by atomic mass is 10.1. The minimum atomic E-state index is -0.214. The average Bonchev–Trinajstić information content (AvgIpc) is 2.00. The van der Waals surface area contributed by atoms with Crippen LogP contribution in [0.15, 0.2) is 18.2 Å². The number of aliphatic hydroxyl groups excluding tert-OH is 1. The molecule has 3 N–H and O–H groups in total. The number of nitrogens with two attached hydrogens (primary N) is 1. The molecule has 70 valence electrons. The maximum absolute atomic E-state index is 9.12. The Morgan fingerprint density at radius 2 is 2.15 bits per heavy atom. The zero-order chi connectivity index (χ0) is 9.42. The summed E-state index contributed by atoms with van der Waals surface area (Å²) in [6.07, 6.45) is -0.214. The summed E-state index contributed by atoms with van der Waals surface area (Å²) in [5, 5.41) is 9.76. The van der Waals surface area contributed by atoms with Crippen LogP contribution in [0.3, 0.4) is 0 Å². The lowest BCUT2D eigenvalue weighted by molar-refractivity contribution is 0.142. The first kappa shape index (κ1) is 8.66. The maximum Gasteiger partial charge on any atom is 0.0889 e. The van der Waals surface area contributed by atoms with E-state index in [1.165, 1.54) is 0 Å². The number of aliphatic hydroxyl groups is 1. The molecule has 3 nitrogen and oxygen atoms in total. The van der Waals surface area contributed by atoms with Crippen molar-refractivity contribution in [1.29, 1.82) is 0 Å². The molecule has 1 fully saturated rings. The molecule has 13 heavy (non-hydrogen) atoms. The minimum absolute atomic E-state index is 0.214. The van der Waals surface area contributed by atoms with E-state index in [-0.39, 0.29) is 6.10 Å². The molecular formula is C9H11ClN2O. The van der Waals surface area contributed by atoms with Crippen molar-refractivity contribution < 1.29 is 5.11 Å². The molecule has 1 aliphatic rings. The molecule has 0 aliphatic carbocycles. The van der Waals surface area contributed by atoms with Gasteiger partial charge in [0.15, 0.2) is 0 Å². The van der Waals surface area contributed by atoms with Crippen molar-refractivity contribution in [1.82, 2.24) is 0 Å². The monoisotopic (exact) mass is 198 g/mol. The van der Waals surface area contributed by atoms with Crippen LogP contribution in [0.1, 0.15) is 0 Å². The van der Waals surface area contributed by atoms with Crippen LogP contribution in [-0.2, 0) is 0 Å². The van der Waals surface area contributed by atoms with Gasteiger partial charge >= 0.3 is 0 Å². The molecule has 1 aliphatic heterocycles. The highest BCUT2D eigenvalue weighted by Crippen LogP contribution is 2.30. The fourth-order valence-corrected chi connectivity index (χ4v) is 1.74. The summed E-state index contributed by atoms with van der Waals surface area (Å²) in [5.74, 6) is 0. The normalized spacial score (nSPS) is 17.2. The van der Waals surface area contributed by atoms with Crippen LogP contribution in [0.2, 0.25) is 5.02 Å². The van der Waals surface area contributed by atoms with Gasteiger partial charge in [-0.2, -0.15) is 0 Å². The summed E-state index contributed by atoms with van der Waals surface area (Å²) in [6, 6.07) is 5.41. The second kappa shape index (κ2) is 3.09. The molecule has 0 spiro atoms. The third kappa shape index (κ3) is 1.57. The lowest BCUT2D eigenvalue weighted by Crippen LogP contribution is -2.50. The van der Waals surface area contributed by atoms with E-state index >= 15 is 0 Å². The number of rotatable bonds is 1. The van der Waals surface area contributed by atoms with Crippen LogP contribution >= 0.6 is 11.6 Å². The third-order valence-electron chi connectivity index (χ3n) is 2.17. The average molecular weight is 199 g/mol. The van der Waals surface area contributed by atoms with Gasteiger partial charge in [-0.1, -0.05) is 11.6 Å². The van der Waals surface area contributed by atoms with E-state index in [2.05, 4.69) is 0 Å². The van der Waals surface area contributed by atoms with Crippen molar-refractivity contribution >= 4 is 23.0 Å². The first-order valence-electron chi connectivity index (χ1n) is 4.15. The number of halogens is 1. The standard InChI is InChI=1S/C9H11ClN2O/c10-8-3-6(11)1-2-9(8)12-4-7(13)5-12/h1-3,7,13H,4-5,11H2. The quantitative estimate of drug-likeness (QED) is 0.665. The van der Waals surface area contributed by atoms with Crippen molar-refractivity contribution in [3.05, 3.63) is 23.2 Å². The largest absolute Gasteiger partial charge is 0.399 e. The molecule has 0 bridgehead atoms. The Labute approximate surface area is 81.7 Å². The number of nitrogens with zero attached hydrogens (tertiary/aromatic N) is 1. The van der Waals surface area contributed by atoms with Crippen LogP contribution in [0.5, 0.6) is 0 Å². The van der Waals surface area contributed by atoms with Gasteiger partial charge in [-0.15, -0.1) is 0 Å². The molecule has 0 saturated carbocycles. The van der Waals surface area contributed by atoms with Gasteiger partial charge in [0.25, 0.3) is 0 Å². The van der Waals surface area contributed by atoms with Crippen LogP contribution < -0.4 is 10.6 Å². The molecule has 1 aromatic rings. The molecule has 2 rings (SSSR count). The van der Waals surface area contributed by atoms with Crippen molar-refractivity contribution in [3.8, 4) is 0 Å². The van der Waals surface area contributed by atoms with Crippen LogP contribution in [0.25, 0.3) is 0 Å². The number of hydrogen-bond donors (Lipinski definition) is 2. The molecule has 0 radical (unpaired) electrons. The summed E-state index contributed by atoms with van der Waals surface area (Å²) in [7, 11) is 0. The summed E-state index contributed by atoms with van der Waals surface area (Å²) in [5.41, 5.74) is 7.17. The molecule has 4 heteroatoms. The van der Waals surface area contributed by atoms with E-state index in [0.717, 1.165) is 5.69 Å². The van der Waals surface area contributed by atoms with E-state index in [1.807, 2.05) is 17.0 Å². The van der Waals surface area contributed by atoms with Crippen LogP contribution in [0.4, 0.5) is 11.4 Å². The Morgan fingerprint density at radius 3 is 2.69 bits per heavy atom. The van der Waals surface area contributed by atoms with Gasteiger partial charge in [0, 0.05) is 18.8 Å². The van der Waals surface area contributed by atoms with Crippen LogP contribution in [0, 0.1) is 0 Å². The number of β-amino-alcohol motifs (C(OH)–C–C–N with tert-alkyl or cyclic N) is 1. The van der Waals surface area contributed by atoms with Crippen molar-refractivity contribution in [2.24, 2.45) is 0 Å². The minimum Gasteiger partial charge on any atom is -0.399 e. The molecule has 0 atom stereocenters. The highest BCUT2D eigenvalue weighted by Gasteiger charge is 2.25. The summed E-state index contributed by atoms with van der Waals surface area (Å²) in [4.78, 5) is 2.02. The lowest BCUT2D eigenvalue weighted by Gasteiger charge is -2.38. The topological polar surface area (TPSA) is 49.5 Å². The zero-order valence-electron chi connectivity index (χ0n) is 7.07. The Bertz CT molecular complexity index is 323. The number of nitrogen functional groups attached to an aromatic ring is 1. The number of benzene rings is 1. The summed E-state index contributed by atoms with van der Waals surface area (Å²) in [6.45, 7) is 1.31. The second-order valence-corrected chi connectivity index (χ2v) is 3.68. The van der Waals surface area contributed by atoms with Crippen molar-refractivity contribution in [3.63, 3.8) is 0 Å². The van der Waals surface area contributed by atoms with Gasteiger partial charge in [0.1, 0.15) is 0 Å². The zero-order valence-corrected chi connectivity index (χ0v) is 7.83. The Morgan fingerprint density at radius 1 is 1.46 bits per heavy atom. The smallest absolute Gasteiger partial charge is 0.0889 e. The third-order valence-corrected chi connectivity index (χ3v) is 2.48. The van der Waals surface area contributed by atoms with Gasteiger partial charge in [-0.3, -0.25) is 0 Å².